The molecule has 63 heavy (non-hydrogen) atoms. The van der Waals surface area contributed by atoms with Crippen LogP contribution in [-0.2, 0) is 10.8 Å². The fourth-order valence-electron chi connectivity index (χ4n) is 10.5. The van der Waals surface area contributed by atoms with Crippen LogP contribution in [0.5, 0.6) is 0 Å². The molecule has 12 rings (SSSR count). The van der Waals surface area contributed by atoms with E-state index in [-0.39, 0.29) is 0 Å². The van der Waals surface area contributed by atoms with Crippen molar-refractivity contribution in [2.24, 2.45) is 0 Å². The summed E-state index contributed by atoms with van der Waals surface area (Å²) in [5.74, 6) is 1.91. The third kappa shape index (κ3) is 5.69. The lowest BCUT2D eigenvalue weighted by molar-refractivity contribution is 0.415. The minimum atomic E-state index is -0.737. The predicted molar refractivity (Wildman–Crippen MR) is 260 cm³/mol. The van der Waals surface area contributed by atoms with Gasteiger partial charge in [0, 0.05) is 36.9 Å². The van der Waals surface area contributed by atoms with Gasteiger partial charge in [0.15, 0.2) is 17.5 Å². The Morgan fingerprint density at radius 2 is 0.698 bits per heavy atom. The zero-order valence-electron chi connectivity index (χ0n) is 34.3. The van der Waals surface area contributed by atoms with Crippen LogP contribution >= 0.6 is 11.3 Å². The molecule has 0 unspecified atom stereocenters. The highest BCUT2D eigenvalue weighted by molar-refractivity contribution is 7.25. The van der Waals surface area contributed by atoms with E-state index < -0.39 is 10.8 Å². The second kappa shape index (κ2) is 15.0. The lowest BCUT2D eigenvalue weighted by atomic mass is 9.43. The molecule has 0 N–H and O–H groups in total. The average molecular weight is 822 g/mol. The van der Waals surface area contributed by atoms with Crippen LogP contribution in [0, 0.1) is 0 Å². The molecule has 0 radical (unpaired) electrons. The van der Waals surface area contributed by atoms with Crippen LogP contribution in [0.3, 0.4) is 0 Å². The maximum Gasteiger partial charge on any atom is 0.164 e. The van der Waals surface area contributed by atoms with E-state index in [2.05, 4.69) is 218 Å². The van der Waals surface area contributed by atoms with E-state index >= 15 is 0 Å². The van der Waals surface area contributed by atoms with E-state index in [9.17, 15) is 0 Å². The third-order valence-electron chi connectivity index (χ3n) is 13.0. The Balaban J connectivity index is 1.17. The van der Waals surface area contributed by atoms with Crippen LogP contribution in [0.4, 0.5) is 0 Å². The molecule has 3 nitrogen and oxygen atoms in total. The van der Waals surface area contributed by atoms with Crippen LogP contribution in [0.2, 0.25) is 0 Å². The number of nitrogens with zero attached hydrogens (tertiary/aromatic N) is 3. The summed E-state index contributed by atoms with van der Waals surface area (Å²) in [5, 5.41) is 2.45. The summed E-state index contributed by atoms with van der Waals surface area (Å²) in [6.45, 7) is 0. The zero-order valence-corrected chi connectivity index (χ0v) is 35.1. The van der Waals surface area contributed by atoms with E-state index in [4.69, 9.17) is 15.0 Å². The Morgan fingerprint density at radius 1 is 0.286 bits per heavy atom. The fourth-order valence-corrected chi connectivity index (χ4v) is 11.6. The van der Waals surface area contributed by atoms with Gasteiger partial charge in [-0.3, -0.25) is 0 Å². The molecule has 0 atom stereocenters. The molecule has 9 aromatic carbocycles. The van der Waals surface area contributed by atoms with Crippen LogP contribution in [-0.4, -0.2) is 15.0 Å². The molecular formula is C59H39N3S. The van der Waals surface area contributed by atoms with Crippen molar-refractivity contribution in [2.75, 3.05) is 0 Å². The van der Waals surface area contributed by atoms with Gasteiger partial charge in [-0.1, -0.05) is 206 Å². The quantitative estimate of drug-likeness (QED) is 0.161. The van der Waals surface area contributed by atoms with E-state index in [1.807, 2.05) is 29.5 Å². The largest absolute Gasteiger partial charge is 0.208 e. The van der Waals surface area contributed by atoms with E-state index in [1.54, 1.807) is 0 Å². The smallest absolute Gasteiger partial charge is 0.164 e. The number of fused-ring (bicyclic) bond motifs is 6. The zero-order chi connectivity index (χ0) is 41.8. The van der Waals surface area contributed by atoms with Gasteiger partial charge in [0.1, 0.15) is 0 Å². The molecule has 11 aromatic rings. The molecule has 0 bridgehead atoms. The topological polar surface area (TPSA) is 38.7 Å². The molecular weight excluding hydrogens is 783 g/mol. The van der Waals surface area contributed by atoms with Gasteiger partial charge in [-0.15, -0.1) is 11.3 Å². The van der Waals surface area contributed by atoms with E-state index in [0.29, 0.717) is 17.5 Å². The molecule has 1 aliphatic rings. The highest BCUT2D eigenvalue weighted by Crippen LogP contribution is 2.65. The van der Waals surface area contributed by atoms with Crippen LogP contribution in [0.15, 0.2) is 237 Å². The number of thiophene rings is 1. The highest BCUT2D eigenvalue weighted by atomic mass is 32.1. The normalized spacial score (nSPS) is 13.7. The first-order chi connectivity index (χ1) is 31.2. The Labute approximate surface area is 370 Å². The van der Waals surface area contributed by atoms with Crippen molar-refractivity contribution in [3.8, 4) is 45.3 Å². The van der Waals surface area contributed by atoms with Crippen LogP contribution < -0.4 is 0 Å². The maximum absolute atomic E-state index is 5.33. The summed E-state index contributed by atoms with van der Waals surface area (Å²) < 4.78 is 2.51. The Morgan fingerprint density at radius 3 is 1.27 bits per heavy atom. The van der Waals surface area contributed by atoms with Crippen molar-refractivity contribution in [3.63, 3.8) is 0 Å². The first-order valence-corrected chi connectivity index (χ1v) is 22.3. The highest BCUT2D eigenvalue weighted by Gasteiger charge is 2.61. The number of benzene rings is 9. The van der Waals surface area contributed by atoms with Gasteiger partial charge in [-0.25, -0.2) is 15.0 Å². The summed E-state index contributed by atoms with van der Waals surface area (Å²) >= 11 is 1.81. The van der Waals surface area contributed by atoms with Gasteiger partial charge >= 0.3 is 0 Å². The second-order valence-corrected chi connectivity index (χ2v) is 17.3. The number of aromatic nitrogens is 3. The summed E-state index contributed by atoms with van der Waals surface area (Å²) in [6, 6.07) is 85.9. The van der Waals surface area contributed by atoms with Gasteiger partial charge in [-0.2, -0.15) is 0 Å². The molecule has 296 valence electrons. The number of hydrogen-bond donors (Lipinski definition) is 0. The van der Waals surface area contributed by atoms with Gasteiger partial charge in [0.25, 0.3) is 0 Å². The van der Waals surface area contributed by atoms with Crippen molar-refractivity contribution in [1.29, 1.82) is 0 Å². The van der Waals surface area contributed by atoms with Crippen molar-refractivity contribution in [2.45, 2.75) is 10.8 Å². The van der Waals surface area contributed by atoms with Gasteiger partial charge in [-0.05, 0) is 74.8 Å². The molecule has 0 amide bonds. The Bertz CT molecular complexity index is 3360. The maximum atomic E-state index is 5.33. The van der Waals surface area contributed by atoms with Crippen LogP contribution in [0.25, 0.3) is 65.5 Å². The molecule has 0 saturated carbocycles. The molecule has 2 aromatic heterocycles. The first kappa shape index (κ1) is 37.0. The van der Waals surface area contributed by atoms with Crippen molar-refractivity contribution in [3.05, 3.63) is 270 Å². The van der Waals surface area contributed by atoms with Crippen molar-refractivity contribution in [1.82, 2.24) is 15.0 Å². The second-order valence-electron chi connectivity index (χ2n) is 16.3. The Hall–Kier alpha value is -7.79. The predicted octanol–water partition coefficient (Wildman–Crippen LogP) is 14.6. The summed E-state index contributed by atoms with van der Waals surface area (Å²) in [4.78, 5) is 15.8. The molecule has 0 fully saturated rings. The first-order valence-electron chi connectivity index (χ1n) is 21.4. The summed E-state index contributed by atoms with van der Waals surface area (Å²) in [5.41, 5.74) is 11.0. The fraction of sp³-hybridized carbons (Fsp3) is 0.0339. The lowest BCUT2D eigenvalue weighted by Gasteiger charge is -2.57. The minimum Gasteiger partial charge on any atom is -0.208 e. The van der Waals surface area contributed by atoms with E-state index in [0.717, 1.165) is 22.3 Å². The van der Waals surface area contributed by atoms with Crippen LogP contribution in [0.1, 0.15) is 33.4 Å². The molecule has 1 aliphatic carbocycles. The van der Waals surface area contributed by atoms with Gasteiger partial charge in [0.05, 0.1) is 10.8 Å². The molecule has 4 heteroatoms. The summed E-state index contributed by atoms with van der Waals surface area (Å²) in [6.07, 6.45) is 0. The van der Waals surface area contributed by atoms with Gasteiger partial charge < -0.3 is 0 Å². The SMILES string of the molecule is c1ccc(-c2nc(-c3ccc4c(c3)-c3ccccc3C(c3ccccc3)(c3ccccc3)C4(c3ccccc3)c3ccccc3)nc(-c3ccc4sc5ccccc5c4c3)n2)cc1. The Kier molecular flexibility index (Phi) is 8.80. The average Bonchev–Trinajstić information content (AvgIpc) is 3.75. The van der Waals surface area contributed by atoms with Crippen molar-refractivity contribution >= 4 is 31.5 Å². The number of hydrogen-bond acceptors (Lipinski definition) is 4. The molecule has 0 spiro atoms. The lowest BCUT2D eigenvalue weighted by Crippen LogP contribution is -2.54. The number of rotatable bonds is 7. The minimum absolute atomic E-state index is 0.627. The standard InChI is InChI=1S/C59H39N3S/c1-6-20-40(21-7-1)55-60-56(62-57(61-55)42-35-37-54-50(39-42)48-31-17-19-33-53(48)63-54)41-34-36-52-49(38-41)47-30-16-18-32-51(47)58(43-22-8-2-9-23-43,44-24-10-3-11-25-44)59(52,45-26-12-4-13-27-45)46-28-14-5-15-29-46/h1-39H. The molecule has 0 saturated heterocycles. The monoisotopic (exact) mass is 821 g/mol. The van der Waals surface area contributed by atoms with Crippen molar-refractivity contribution < 1.29 is 0 Å². The summed E-state index contributed by atoms with van der Waals surface area (Å²) in [7, 11) is 0. The molecule has 0 aliphatic heterocycles. The van der Waals surface area contributed by atoms with E-state index in [1.165, 1.54) is 59.1 Å². The van der Waals surface area contributed by atoms with Gasteiger partial charge in [0.2, 0.25) is 0 Å². The molecule has 2 heterocycles. The third-order valence-corrected chi connectivity index (χ3v) is 14.1.